The highest BCUT2D eigenvalue weighted by molar-refractivity contribution is 5.66. The van der Waals surface area contributed by atoms with E-state index in [1.165, 1.54) is 37.5 Å². The van der Waals surface area contributed by atoms with E-state index >= 15 is 0 Å². The first-order valence-corrected chi connectivity index (χ1v) is 14.8. The summed E-state index contributed by atoms with van der Waals surface area (Å²) in [5.74, 6) is 7.12. The second-order valence-corrected chi connectivity index (χ2v) is 11.0. The van der Waals surface area contributed by atoms with E-state index in [2.05, 4.69) is 57.7 Å². The maximum atomic E-state index is 12.3. The molecule has 0 amide bonds. The number of hydrogen-bond donors (Lipinski definition) is 1. The summed E-state index contributed by atoms with van der Waals surface area (Å²) < 4.78 is 41.0. The smallest absolute Gasteiger partial charge is 0.406 e. The molecule has 1 aliphatic rings. The van der Waals surface area contributed by atoms with Gasteiger partial charge in [-0.05, 0) is 78.8 Å². The van der Waals surface area contributed by atoms with Gasteiger partial charge >= 0.3 is 6.36 Å². The van der Waals surface area contributed by atoms with Crippen LogP contribution in [0, 0.1) is 36.1 Å². The molecule has 2 aromatic rings. The Bertz CT molecular complexity index is 1130. The molecule has 0 aromatic heterocycles. The molecule has 0 saturated carbocycles. The summed E-state index contributed by atoms with van der Waals surface area (Å²) in [7, 11) is 1.82. The fourth-order valence-corrected chi connectivity index (χ4v) is 3.94. The van der Waals surface area contributed by atoms with Gasteiger partial charge < -0.3 is 19.4 Å². The van der Waals surface area contributed by atoms with Crippen LogP contribution in [0.25, 0.3) is 11.1 Å². The van der Waals surface area contributed by atoms with Crippen molar-refractivity contribution in [2.24, 2.45) is 23.6 Å². The zero-order chi connectivity index (χ0) is 33.0. The summed E-state index contributed by atoms with van der Waals surface area (Å²) in [5, 5.41) is 9.92. The quantitative estimate of drug-likeness (QED) is 0.141. The number of hydrazine groups is 1. The van der Waals surface area contributed by atoms with Crippen LogP contribution in [0.2, 0.25) is 0 Å². The molecule has 0 aliphatic carbocycles. The van der Waals surface area contributed by atoms with Crippen LogP contribution in [0.5, 0.6) is 5.75 Å². The molecule has 43 heavy (non-hydrogen) atoms. The molecule has 6 nitrogen and oxygen atoms in total. The summed E-state index contributed by atoms with van der Waals surface area (Å²) >= 11 is 0. The van der Waals surface area contributed by atoms with E-state index in [1.54, 1.807) is 17.1 Å². The Kier molecular flexibility index (Phi) is 19.5. The van der Waals surface area contributed by atoms with Gasteiger partial charge in [0, 0.05) is 26.3 Å². The zero-order valence-electron chi connectivity index (χ0n) is 27.1. The number of carbonyl (C=O) groups excluding carboxylic acids is 1. The normalized spacial score (nSPS) is 15.4. The number of hydrogen-bond acceptors (Lipinski definition) is 6. The molecule has 3 atom stereocenters. The monoisotopic (exact) mass is 604 g/mol. The lowest BCUT2D eigenvalue weighted by Gasteiger charge is -2.13. The summed E-state index contributed by atoms with van der Waals surface area (Å²) in [6, 6.07) is 12.1. The highest BCUT2D eigenvalue weighted by atomic mass is 19.4. The minimum Gasteiger partial charge on any atom is -0.406 e. The van der Waals surface area contributed by atoms with E-state index < -0.39 is 6.36 Å². The highest BCUT2D eigenvalue weighted by Gasteiger charge is 2.31. The number of nitriles is 1. The van der Waals surface area contributed by atoms with Gasteiger partial charge in [0.15, 0.2) is 6.19 Å². The second-order valence-electron chi connectivity index (χ2n) is 11.0. The molecule has 2 aromatic carbocycles. The Morgan fingerprint density at radius 2 is 1.79 bits per heavy atom. The van der Waals surface area contributed by atoms with Gasteiger partial charge in [0.1, 0.15) is 12.0 Å². The van der Waals surface area contributed by atoms with Gasteiger partial charge in [0.05, 0.1) is 0 Å². The van der Waals surface area contributed by atoms with Crippen molar-refractivity contribution in [1.82, 2.24) is 9.91 Å². The largest absolute Gasteiger partial charge is 0.573 e. The van der Waals surface area contributed by atoms with Crippen molar-refractivity contribution in [2.75, 3.05) is 20.1 Å². The Labute approximate surface area is 257 Å². The van der Waals surface area contributed by atoms with Crippen molar-refractivity contribution in [3.63, 3.8) is 0 Å². The maximum Gasteiger partial charge on any atom is 0.573 e. The molecule has 2 N–H and O–H groups in total. The van der Waals surface area contributed by atoms with Gasteiger partial charge in [-0.3, -0.25) is 0 Å². The number of halogens is 3. The minimum absolute atomic E-state index is 0.198. The summed E-state index contributed by atoms with van der Waals surface area (Å²) in [5.41, 5.74) is 4.05. The van der Waals surface area contributed by atoms with Crippen LogP contribution in [0.4, 0.5) is 13.2 Å². The predicted octanol–water partition coefficient (Wildman–Crippen LogP) is 8.52. The fraction of sp³-hybridized carbons (Fsp3) is 0.529. The summed E-state index contributed by atoms with van der Waals surface area (Å²) in [6.45, 7) is 16.3. The Morgan fingerprint density at radius 3 is 2.23 bits per heavy atom. The number of carbonyl (C=O) groups is 1. The first-order chi connectivity index (χ1) is 20.2. The molecule has 3 unspecified atom stereocenters. The number of nitrogens with two attached hydrogens (primary N) is 1. The van der Waals surface area contributed by atoms with E-state index in [0.29, 0.717) is 17.4 Å². The van der Waals surface area contributed by atoms with E-state index in [4.69, 9.17) is 15.9 Å². The number of nitrogens with zero attached hydrogens (tertiary/aromatic N) is 3. The molecule has 1 aliphatic heterocycles. The topological polar surface area (TPSA) is 82.6 Å². The maximum absolute atomic E-state index is 12.3. The lowest BCUT2D eigenvalue weighted by Crippen LogP contribution is -2.18. The third kappa shape index (κ3) is 18.6. The van der Waals surface area contributed by atoms with Gasteiger partial charge in [0.25, 0.3) is 0 Å². The SMILES string of the molecule is CC1CCN(C#N)C1.CC=O.CCC(C)/C=C\N(C)N.CCC(C)Cc1ccc(-c2cccc(OC(F)(F)F)c2)cc1C. The number of ether oxygens (including phenoxy) is 1. The third-order valence-electron chi connectivity index (χ3n) is 6.87. The predicted molar refractivity (Wildman–Crippen MR) is 170 cm³/mol. The van der Waals surface area contributed by atoms with Gasteiger partial charge in [-0.15, -0.1) is 13.2 Å². The van der Waals surface area contributed by atoms with E-state index in [9.17, 15) is 13.2 Å². The Morgan fingerprint density at radius 1 is 1.16 bits per heavy atom. The lowest BCUT2D eigenvalue weighted by molar-refractivity contribution is -0.274. The Hall–Kier alpha value is -3.51. The molecule has 1 heterocycles. The number of allylic oxidation sites excluding steroid dienone is 1. The van der Waals surface area contributed by atoms with Gasteiger partial charge in [-0.2, -0.15) is 5.26 Å². The molecule has 1 fully saturated rings. The number of rotatable bonds is 8. The molecule has 0 spiro atoms. The van der Waals surface area contributed by atoms with E-state index in [0.717, 1.165) is 49.3 Å². The average Bonchev–Trinajstić information content (AvgIpc) is 3.38. The molecule has 0 bridgehead atoms. The summed E-state index contributed by atoms with van der Waals surface area (Å²) in [6.07, 6.45) is 6.68. The van der Waals surface area contributed by atoms with E-state index in [-0.39, 0.29) is 5.75 Å². The number of benzene rings is 2. The van der Waals surface area contributed by atoms with Crippen LogP contribution in [0.3, 0.4) is 0 Å². The van der Waals surface area contributed by atoms with Crippen LogP contribution >= 0.6 is 0 Å². The van der Waals surface area contributed by atoms with Crippen molar-refractivity contribution in [3.8, 4) is 23.1 Å². The molecule has 9 heteroatoms. The van der Waals surface area contributed by atoms with Crippen molar-refractivity contribution in [1.29, 1.82) is 5.26 Å². The summed E-state index contributed by atoms with van der Waals surface area (Å²) in [4.78, 5) is 10.6. The van der Waals surface area contributed by atoms with Gasteiger partial charge in [-0.1, -0.05) is 83.9 Å². The van der Waals surface area contributed by atoms with Crippen LogP contribution in [-0.2, 0) is 11.2 Å². The second kappa shape index (κ2) is 21.2. The Balaban J connectivity index is 0.000000720. The number of alkyl halides is 3. The molecular weight excluding hydrogens is 553 g/mol. The molecule has 1 saturated heterocycles. The third-order valence-corrected chi connectivity index (χ3v) is 6.87. The average molecular weight is 605 g/mol. The van der Waals surface area contributed by atoms with Crippen LogP contribution in [0.15, 0.2) is 54.7 Å². The fourth-order valence-electron chi connectivity index (χ4n) is 3.94. The van der Waals surface area contributed by atoms with Crippen LogP contribution < -0.4 is 10.6 Å². The standard InChI is InChI=1S/C19H21F3O.C7H16N2.C6H10N2.C2H4O/c1-4-13(2)10-15-8-9-17(11-14(15)3)16-6-5-7-18(12-16)23-19(20,21)22;1-4-7(2)5-6-9(3)8;1-6-2-3-8(4-6)5-7;1-2-3/h5-9,11-13H,4,10H2,1-3H3;5-7H,4,8H2,1-3H3;6H,2-4H2,1H3;2H,1H3/b;6-5-;;. The van der Waals surface area contributed by atoms with Gasteiger partial charge in [0.2, 0.25) is 0 Å². The minimum atomic E-state index is -4.67. The number of aryl methyl sites for hydroxylation is 1. The first kappa shape index (κ1) is 39.5. The highest BCUT2D eigenvalue weighted by Crippen LogP contribution is 2.29. The molecule has 240 valence electrons. The van der Waals surface area contributed by atoms with Crippen molar-refractivity contribution in [2.45, 2.75) is 80.5 Å². The number of aldehydes is 1. The molecular formula is C34H51F3N4O2. The van der Waals surface area contributed by atoms with E-state index in [1.807, 2.05) is 37.2 Å². The lowest BCUT2D eigenvalue weighted by atomic mass is 9.93. The molecule has 0 radical (unpaired) electrons. The number of likely N-dealkylation sites (tertiary alicyclic amines) is 1. The first-order valence-electron chi connectivity index (χ1n) is 14.8. The zero-order valence-corrected chi connectivity index (χ0v) is 27.1. The van der Waals surface area contributed by atoms with Gasteiger partial charge in [-0.25, -0.2) is 5.84 Å². The van der Waals surface area contributed by atoms with Crippen LogP contribution in [-0.4, -0.2) is 42.7 Å². The van der Waals surface area contributed by atoms with Crippen molar-refractivity contribution < 1.29 is 22.7 Å². The van der Waals surface area contributed by atoms with Crippen molar-refractivity contribution in [3.05, 3.63) is 65.9 Å². The van der Waals surface area contributed by atoms with Crippen molar-refractivity contribution >= 4 is 6.29 Å². The van der Waals surface area contributed by atoms with Crippen LogP contribution in [0.1, 0.15) is 71.9 Å². The molecule has 3 rings (SSSR count).